The van der Waals surface area contributed by atoms with Crippen LogP contribution in [0, 0.1) is 0 Å². The van der Waals surface area contributed by atoms with Crippen LogP contribution in [0.5, 0.6) is 0 Å². The van der Waals surface area contributed by atoms with Crippen molar-refractivity contribution in [2.75, 3.05) is 0 Å². The lowest BCUT2D eigenvalue weighted by molar-refractivity contribution is 0.673. The molecule has 54 heavy (non-hydrogen) atoms. The van der Waals surface area contributed by atoms with Crippen LogP contribution in [0.15, 0.2) is 199 Å². The lowest BCUT2D eigenvalue weighted by Gasteiger charge is -2.11. The largest absolute Gasteiger partial charge is 0.455 e. The van der Waals surface area contributed by atoms with Gasteiger partial charge in [0.2, 0.25) is 0 Å². The van der Waals surface area contributed by atoms with Gasteiger partial charge in [-0.2, -0.15) is 0 Å². The van der Waals surface area contributed by atoms with Crippen molar-refractivity contribution >= 4 is 85.8 Å². The van der Waals surface area contributed by atoms with E-state index >= 15 is 0 Å². The van der Waals surface area contributed by atoms with Crippen molar-refractivity contribution in [3.8, 4) is 33.4 Å². The number of para-hydroxylation sites is 1. The molecule has 0 spiro atoms. The van der Waals surface area contributed by atoms with Gasteiger partial charge in [0.25, 0.3) is 0 Å². The third-order valence-corrected chi connectivity index (χ3v) is 12.1. The molecular weight excluding hydrogens is 673 g/mol. The predicted octanol–water partition coefficient (Wildman–Crippen LogP) is 15.5. The minimum absolute atomic E-state index is 0.936. The number of fused-ring (bicyclic) bond motifs is 12. The Morgan fingerprint density at radius 3 is 1.63 bits per heavy atom. The Hall–Kier alpha value is -6.74. The molecule has 0 amide bonds. The van der Waals surface area contributed by atoms with E-state index in [0.29, 0.717) is 0 Å². The SMILES string of the molecule is c1ccc(-c2ccccccc(-c3ccc4cc(-c5ccc6sc7c(c6c5)c5ccccc5c5oc6ccccc6c57)ccc4c3)c3ccccc23)cc1. The van der Waals surface area contributed by atoms with E-state index in [1.165, 1.54) is 91.3 Å². The highest BCUT2D eigenvalue weighted by Gasteiger charge is 2.19. The summed E-state index contributed by atoms with van der Waals surface area (Å²) in [7, 11) is 0. The average molecular weight is 705 g/mol. The van der Waals surface area contributed by atoms with Crippen LogP contribution in [-0.2, 0) is 0 Å². The van der Waals surface area contributed by atoms with E-state index in [1.54, 1.807) is 0 Å². The summed E-state index contributed by atoms with van der Waals surface area (Å²) >= 11 is 1.87. The third kappa shape index (κ3) is 4.92. The van der Waals surface area contributed by atoms with Gasteiger partial charge in [-0.25, -0.2) is 0 Å². The molecule has 2 aromatic heterocycles. The summed E-state index contributed by atoms with van der Waals surface area (Å²) in [5, 5.41) is 12.3. The second kappa shape index (κ2) is 12.4. The molecule has 0 unspecified atom stereocenters. The van der Waals surface area contributed by atoms with Crippen molar-refractivity contribution in [3.63, 3.8) is 0 Å². The molecule has 11 rings (SSSR count). The van der Waals surface area contributed by atoms with Gasteiger partial charge >= 0.3 is 0 Å². The molecule has 0 saturated carbocycles. The Labute approximate surface area is 316 Å². The zero-order valence-corrected chi connectivity index (χ0v) is 30.1. The first-order valence-electron chi connectivity index (χ1n) is 18.4. The number of benzene rings is 8. The maximum absolute atomic E-state index is 6.51. The summed E-state index contributed by atoms with van der Waals surface area (Å²) < 4.78 is 9.09. The summed E-state index contributed by atoms with van der Waals surface area (Å²) in [6.45, 7) is 0. The molecule has 0 aliphatic carbocycles. The van der Waals surface area contributed by atoms with Crippen molar-refractivity contribution < 1.29 is 4.42 Å². The van der Waals surface area contributed by atoms with Gasteiger partial charge in [0.1, 0.15) is 11.2 Å². The monoisotopic (exact) mass is 704 g/mol. The van der Waals surface area contributed by atoms with E-state index in [9.17, 15) is 0 Å². The molecule has 0 atom stereocenters. The molecule has 0 saturated heterocycles. The lowest BCUT2D eigenvalue weighted by atomic mass is 9.93. The first-order chi connectivity index (χ1) is 26.8. The molecule has 252 valence electrons. The van der Waals surface area contributed by atoms with Gasteiger partial charge in [-0.3, -0.25) is 0 Å². The van der Waals surface area contributed by atoms with Crippen LogP contribution in [0.2, 0.25) is 0 Å². The Morgan fingerprint density at radius 1 is 0.333 bits per heavy atom. The average Bonchev–Trinajstić information content (AvgIpc) is 3.81. The molecule has 0 N–H and O–H groups in total. The number of hydrogen-bond donors (Lipinski definition) is 0. The van der Waals surface area contributed by atoms with E-state index in [1.807, 2.05) is 11.3 Å². The Balaban J connectivity index is 1.06. The molecule has 2 heterocycles. The van der Waals surface area contributed by atoms with Gasteiger partial charge in [-0.1, -0.05) is 164 Å². The van der Waals surface area contributed by atoms with E-state index in [2.05, 4.69) is 194 Å². The van der Waals surface area contributed by atoms with Gasteiger partial charge in [0, 0.05) is 36.3 Å². The summed E-state index contributed by atoms with van der Waals surface area (Å²) in [5.41, 5.74) is 9.15. The summed E-state index contributed by atoms with van der Waals surface area (Å²) in [6.07, 6.45) is 0. The Kier molecular flexibility index (Phi) is 7.11. The normalized spacial score (nSPS) is 11.7. The summed E-state index contributed by atoms with van der Waals surface area (Å²) in [6, 6.07) is 70.3. The van der Waals surface area contributed by atoms with E-state index in [-0.39, 0.29) is 0 Å². The fourth-order valence-corrected chi connectivity index (χ4v) is 9.61. The van der Waals surface area contributed by atoms with Gasteiger partial charge in [-0.15, -0.1) is 11.3 Å². The Morgan fingerprint density at radius 2 is 0.870 bits per heavy atom. The van der Waals surface area contributed by atoms with Gasteiger partial charge in [0.05, 0.1) is 0 Å². The first kappa shape index (κ1) is 30.8. The van der Waals surface area contributed by atoms with Crippen molar-refractivity contribution in [3.05, 3.63) is 194 Å². The third-order valence-electron chi connectivity index (χ3n) is 10.9. The molecule has 0 aliphatic heterocycles. The second-order valence-corrected chi connectivity index (χ2v) is 15.0. The highest BCUT2D eigenvalue weighted by Crippen LogP contribution is 2.48. The molecule has 0 fully saturated rings. The van der Waals surface area contributed by atoms with Crippen LogP contribution in [-0.4, -0.2) is 0 Å². The van der Waals surface area contributed by atoms with Crippen LogP contribution in [0.25, 0.3) is 108 Å². The smallest absolute Gasteiger partial charge is 0.144 e. The number of furan rings is 1. The molecule has 11 aromatic rings. The minimum atomic E-state index is 0.936. The van der Waals surface area contributed by atoms with Crippen LogP contribution >= 0.6 is 11.3 Å². The van der Waals surface area contributed by atoms with Gasteiger partial charge < -0.3 is 4.42 Å². The van der Waals surface area contributed by atoms with Crippen LogP contribution in [0.1, 0.15) is 0 Å². The molecule has 2 heteroatoms. The van der Waals surface area contributed by atoms with Gasteiger partial charge in [0.15, 0.2) is 0 Å². The van der Waals surface area contributed by atoms with Crippen molar-refractivity contribution in [1.29, 1.82) is 0 Å². The highest BCUT2D eigenvalue weighted by atomic mass is 32.1. The van der Waals surface area contributed by atoms with E-state index in [4.69, 9.17) is 4.42 Å². The summed E-state index contributed by atoms with van der Waals surface area (Å²) in [5.74, 6) is 0. The lowest BCUT2D eigenvalue weighted by Crippen LogP contribution is -1.84. The molecule has 9 aromatic carbocycles. The predicted molar refractivity (Wildman–Crippen MR) is 233 cm³/mol. The van der Waals surface area contributed by atoms with Gasteiger partial charge in [-0.05, 0) is 90.6 Å². The van der Waals surface area contributed by atoms with Crippen LogP contribution in [0.3, 0.4) is 0 Å². The van der Waals surface area contributed by atoms with Crippen molar-refractivity contribution in [2.24, 2.45) is 0 Å². The zero-order chi connectivity index (χ0) is 35.6. The van der Waals surface area contributed by atoms with E-state index in [0.717, 1.165) is 16.6 Å². The molecule has 0 aliphatic rings. The molecule has 0 radical (unpaired) electrons. The highest BCUT2D eigenvalue weighted by molar-refractivity contribution is 7.27. The molecule has 0 bridgehead atoms. The van der Waals surface area contributed by atoms with Crippen molar-refractivity contribution in [1.82, 2.24) is 0 Å². The number of rotatable bonds is 3. The quantitative estimate of drug-likeness (QED) is 0.178. The maximum atomic E-state index is 6.51. The first-order valence-corrected chi connectivity index (χ1v) is 19.2. The number of hydrogen-bond acceptors (Lipinski definition) is 2. The minimum Gasteiger partial charge on any atom is -0.455 e. The van der Waals surface area contributed by atoms with Crippen molar-refractivity contribution in [2.45, 2.75) is 0 Å². The topological polar surface area (TPSA) is 13.1 Å². The fourth-order valence-electron chi connectivity index (χ4n) is 8.36. The second-order valence-electron chi connectivity index (χ2n) is 14.0. The standard InChI is InChI=1S/C52H32OS/c1-2-7-17-40(42-19-9-8-18-41(42)39(16-6-1)33-14-4-3-5-15-33)38-27-26-34-30-35(24-25-36(34)31-38)37-28-29-48-46(32-37)49-43-20-10-11-21-44(43)51-50(52(49)54-48)45-22-12-13-23-47(45)53-51/h1-32H. The summed E-state index contributed by atoms with van der Waals surface area (Å²) in [4.78, 5) is 0. The van der Waals surface area contributed by atoms with Crippen LogP contribution in [0.4, 0.5) is 0 Å². The van der Waals surface area contributed by atoms with E-state index < -0.39 is 0 Å². The maximum Gasteiger partial charge on any atom is 0.144 e. The number of thiophene rings is 1. The Bertz CT molecular complexity index is 3330. The molecular formula is C52H32OS. The van der Waals surface area contributed by atoms with Crippen LogP contribution < -0.4 is 0 Å². The molecule has 1 nitrogen and oxygen atoms in total. The zero-order valence-electron chi connectivity index (χ0n) is 29.3. The fraction of sp³-hybridized carbons (Fsp3) is 0.